The summed E-state index contributed by atoms with van der Waals surface area (Å²) in [7, 11) is 1.76. The van der Waals surface area contributed by atoms with Crippen LogP contribution in [0.1, 0.15) is 57.9 Å². The molecule has 158 valence electrons. The molecule has 0 aromatic carbocycles. The lowest BCUT2D eigenvalue weighted by atomic mass is 9.94. The van der Waals surface area contributed by atoms with Crippen molar-refractivity contribution in [3.63, 3.8) is 0 Å². The van der Waals surface area contributed by atoms with Crippen molar-refractivity contribution < 1.29 is 9.59 Å². The first-order valence-corrected chi connectivity index (χ1v) is 10.6. The van der Waals surface area contributed by atoms with Crippen molar-refractivity contribution in [3.05, 3.63) is 30.0 Å². The largest absolute Gasteiger partial charge is 0.346 e. The van der Waals surface area contributed by atoms with Crippen molar-refractivity contribution in [1.29, 1.82) is 5.26 Å². The topological polar surface area (TPSA) is 102 Å². The number of nitrogens with one attached hydrogen (secondary N) is 2. The van der Waals surface area contributed by atoms with E-state index >= 15 is 0 Å². The fourth-order valence-corrected chi connectivity index (χ4v) is 3.70. The highest BCUT2D eigenvalue weighted by Crippen LogP contribution is 2.33. The van der Waals surface area contributed by atoms with Crippen molar-refractivity contribution in [2.45, 2.75) is 58.4 Å². The number of hydrogen-bond acceptors (Lipinski definition) is 4. The fourth-order valence-electron chi connectivity index (χ4n) is 3.70. The summed E-state index contributed by atoms with van der Waals surface area (Å²) >= 11 is 0. The maximum atomic E-state index is 12.3. The highest BCUT2D eigenvalue weighted by Gasteiger charge is 2.30. The van der Waals surface area contributed by atoms with E-state index in [4.69, 9.17) is 5.26 Å². The van der Waals surface area contributed by atoms with Crippen LogP contribution in [-0.2, 0) is 9.59 Å². The SMILES string of the molecule is CC/C=C(\CC(CC)N(C)C(=O)CC#N)c1cc(NC(=O)C2CC2)nc2[nH]ccc12. The summed E-state index contributed by atoms with van der Waals surface area (Å²) in [5.41, 5.74) is 2.84. The third-order valence-corrected chi connectivity index (χ3v) is 5.62. The second-order valence-corrected chi connectivity index (χ2v) is 7.80. The van der Waals surface area contributed by atoms with Crippen LogP contribution in [0.15, 0.2) is 24.4 Å². The van der Waals surface area contributed by atoms with Crippen molar-refractivity contribution in [2.75, 3.05) is 12.4 Å². The molecule has 1 saturated carbocycles. The standard InChI is InChI=1S/C23H29N5O2/c1-4-6-16(13-17(5-2)28(3)21(29)9-11-24)19-14-20(27-23(30)15-7-8-15)26-22-18(19)10-12-25-22/h6,10,12,14-15,17H,4-5,7-9,13H2,1-3H3,(H2,25,26,27,30)/b16-6+. The van der Waals surface area contributed by atoms with Gasteiger partial charge in [0.15, 0.2) is 0 Å². The van der Waals surface area contributed by atoms with Crippen molar-refractivity contribution in [3.8, 4) is 6.07 Å². The van der Waals surface area contributed by atoms with E-state index in [1.807, 2.05) is 31.3 Å². The quantitative estimate of drug-likeness (QED) is 0.649. The number of amides is 2. The van der Waals surface area contributed by atoms with Crippen LogP contribution in [0.4, 0.5) is 5.82 Å². The summed E-state index contributed by atoms with van der Waals surface area (Å²) < 4.78 is 0. The highest BCUT2D eigenvalue weighted by atomic mass is 16.2. The maximum Gasteiger partial charge on any atom is 0.236 e. The van der Waals surface area contributed by atoms with E-state index < -0.39 is 0 Å². The molecular formula is C23H29N5O2. The average Bonchev–Trinajstić information content (AvgIpc) is 3.48. The van der Waals surface area contributed by atoms with Crippen LogP contribution in [0.2, 0.25) is 0 Å². The fraction of sp³-hybridized carbons (Fsp3) is 0.478. The molecule has 2 aromatic heterocycles. The number of allylic oxidation sites excluding steroid dienone is 1. The summed E-state index contributed by atoms with van der Waals surface area (Å²) in [6, 6.07) is 5.84. The average molecular weight is 408 g/mol. The Morgan fingerprint density at radius 1 is 1.43 bits per heavy atom. The zero-order valence-electron chi connectivity index (χ0n) is 17.9. The van der Waals surface area contributed by atoms with Gasteiger partial charge in [0.05, 0.1) is 6.07 Å². The number of anilines is 1. The van der Waals surface area contributed by atoms with Crippen molar-refractivity contribution in [1.82, 2.24) is 14.9 Å². The number of pyridine rings is 1. The minimum atomic E-state index is -0.167. The van der Waals surface area contributed by atoms with Crippen LogP contribution < -0.4 is 5.32 Å². The Morgan fingerprint density at radius 3 is 2.83 bits per heavy atom. The van der Waals surface area contributed by atoms with Gasteiger partial charge in [0.25, 0.3) is 0 Å². The van der Waals surface area contributed by atoms with Gasteiger partial charge < -0.3 is 15.2 Å². The van der Waals surface area contributed by atoms with Gasteiger partial charge in [0.1, 0.15) is 17.9 Å². The van der Waals surface area contributed by atoms with Crippen LogP contribution in [0.3, 0.4) is 0 Å². The normalized spacial score (nSPS) is 14.9. The number of rotatable bonds is 9. The Morgan fingerprint density at radius 2 is 2.20 bits per heavy atom. The molecule has 2 aromatic rings. The number of aromatic nitrogens is 2. The van der Waals surface area contributed by atoms with Gasteiger partial charge in [0, 0.05) is 30.6 Å². The summed E-state index contributed by atoms with van der Waals surface area (Å²) in [4.78, 5) is 33.9. The maximum absolute atomic E-state index is 12.3. The highest BCUT2D eigenvalue weighted by molar-refractivity contribution is 5.97. The smallest absolute Gasteiger partial charge is 0.236 e. The molecule has 1 aliphatic rings. The molecule has 1 atom stereocenters. The number of H-pyrrole nitrogens is 1. The number of fused-ring (bicyclic) bond motifs is 1. The van der Waals surface area contributed by atoms with Crippen molar-refractivity contribution >= 4 is 34.2 Å². The predicted molar refractivity (Wildman–Crippen MR) is 117 cm³/mol. The zero-order chi connectivity index (χ0) is 21.7. The molecule has 0 spiro atoms. The number of aromatic amines is 1. The molecule has 2 amide bonds. The molecule has 1 fully saturated rings. The first kappa shape index (κ1) is 21.6. The molecule has 1 aliphatic carbocycles. The Bertz CT molecular complexity index is 997. The minimum Gasteiger partial charge on any atom is -0.346 e. The minimum absolute atomic E-state index is 0.0182. The van der Waals surface area contributed by atoms with Gasteiger partial charge in [-0.1, -0.05) is 19.9 Å². The number of nitriles is 1. The van der Waals surface area contributed by atoms with Gasteiger partial charge in [-0.05, 0) is 55.4 Å². The molecule has 3 rings (SSSR count). The lowest BCUT2D eigenvalue weighted by molar-refractivity contribution is -0.130. The van der Waals surface area contributed by atoms with E-state index in [0.29, 0.717) is 12.2 Å². The summed E-state index contributed by atoms with van der Waals surface area (Å²) in [5, 5.41) is 12.8. The van der Waals surface area contributed by atoms with E-state index in [1.54, 1.807) is 11.9 Å². The van der Waals surface area contributed by atoms with E-state index in [1.165, 1.54) is 0 Å². The summed E-state index contributed by atoms with van der Waals surface area (Å²) in [6.07, 6.45) is 8.06. The molecule has 7 heteroatoms. The monoisotopic (exact) mass is 407 g/mol. The number of carbonyl (C=O) groups is 2. The first-order chi connectivity index (χ1) is 14.5. The Balaban J connectivity index is 1.93. The molecule has 0 saturated heterocycles. The molecule has 7 nitrogen and oxygen atoms in total. The molecule has 0 aliphatic heterocycles. The Labute approximate surface area is 177 Å². The molecule has 2 N–H and O–H groups in total. The van der Waals surface area contributed by atoms with E-state index in [0.717, 1.165) is 47.9 Å². The van der Waals surface area contributed by atoms with Crippen LogP contribution in [0, 0.1) is 17.2 Å². The van der Waals surface area contributed by atoms with E-state index in [2.05, 4.69) is 28.3 Å². The number of carbonyl (C=O) groups excluding carboxylic acids is 2. The van der Waals surface area contributed by atoms with Crippen LogP contribution in [-0.4, -0.2) is 39.8 Å². The Kier molecular flexibility index (Phi) is 6.88. The van der Waals surface area contributed by atoms with Crippen LogP contribution in [0.25, 0.3) is 16.6 Å². The second-order valence-electron chi connectivity index (χ2n) is 7.80. The molecule has 0 radical (unpaired) electrons. The molecule has 30 heavy (non-hydrogen) atoms. The van der Waals surface area contributed by atoms with Gasteiger partial charge in [-0.25, -0.2) is 4.98 Å². The molecular weight excluding hydrogens is 378 g/mol. The van der Waals surface area contributed by atoms with Gasteiger partial charge in [0.2, 0.25) is 11.8 Å². The van der Waals surface area contributed by atoms with Crippen molar-refractivity contribution in [2.24, 2.45) is 5.92 Å². The lowest BCUT2D eigenvalue weighted by Gasteiger charge is -2.28. The van der Waals surface area contributed by atoms with Crippen LogP contribution >= 0.6 is 0 Å². The Hall–Kier alpha value is -3.14. The van der Waals surface area contributed by atoms with Gasteiger partial charge in [-0.15, -0.1) is 0 Å². The second kappa shape index (κ2) is 9.57. The van der Waals surface area contributed by atoms with Crippen LogP contribution in [0.5, 0.6) is 0 Å². The van der Waals surface area contributed by atoms with E-state index in [9.17, 15) is 9.59 Å². The number of nitrogens with zero attached hydrogens (tertiary/aromatic N) is 3. The lowest BCUT2D eigenvalue weighted by Crippen LogP contribution is -2.36. The van der Waals surface area contributed by atoms with Gasteiger partial charge in [-0.2, -0.15) is 5.26 Å². The zero-order valence-corrected chi connectivity index (χ0v) is 17.9. The molecule has 0 bridgehead atoms. The number of hydrogen-bond donors (Lipinski definition) is 2. The summed E-state index contributed by atoms with van der Waals surface area (Å²) in [6.45, 7) is 4.13. The molecule has 1 unspecified atom stereocenters. The third kappa shape index (κ3) is 4.88. The molecule has 2 heterocycles. The van der Waals surface area contributed by atoms with Gasteiger partial charge in [-0.3, -0.25) is 9.59 Å². The summed E-state index contributed by atoms with van der Waals surface area (Å²) in [5.74, 6) is 0.498. The third-order valence-electron chi connectivity index (χ3n) is 5.62. The predicted octanol–water partition coefficient (Wildman–Crippen LogP) is 4.25. The first-order valence-electron chi connectivity index (χ1n) is 10.6. The van der Waals surface area contributed by atoms with Gasteiger partial charge >= 0.3 is 0 Å². The van der Waals surface area contributed by atoms with E-state index in [-0.39, 0.29) is 30.2 Å².